The van der Waals surface area contributed by atoms with Crippen molar-refractivity contribution >= 4 is 23.2 Å². The van der Waals surface area contributed by atoms with E-state index in [1.165, 1.54) is 4.90 Å². The third-order valence-corrected chi connectivity index (χ3v) is 2.94. The van der Waals surface area contributed by atoms with Crippen molar-refractivity contribution < 1.29 is 14.3 Å². The molecule has 0 aromatic heterocycles. The maximum atomic E-state index is 11.9. The van der Waals surface area contributed by atoms with Crippen LogP contribution in [-0.4, -0.2) is 43.0 Å². The van der Waals surface area contributed by atoms with E-state index in [9.17, 15) is 9.59 Å². The number of nitrogens with one attached hydrogen (secondary N) is 1. The Balaban J connectivity index is 1.95. The summed E-state index contributed by atoms with van der Waals surface area (Å²) in [6.45, 7) is 2.89. The van der Waals surface area contributed by atoms with Gasteiger partial charge in [-0.3, -0.25) is 9.59 Å². The second-order valence-corrected chi connectivity index (χ2v) is 4.49. The van der Waals surface area contributed by atoms with Crippen molar-refractivity contribution in [2.45, 2.75) is 6.92 Å². The van der Waals surface area contributed by atoms with Crippen molar-refractivity contribution in [3.63, 3.8) is 0 Å². The van der Waals surface area contributed by atoms with E-state index in [0.717, 1.165) is 5.56 Å². The fourth-order valence-electron chi connectivity index (χ4n) is 1.91. The second kappa shape index (κ2) is 5.71. The average Bonchev–Trinajstić information content (AvgIpc) is 2.36. The van der Waals surface area contributed by atoms with Gasteiger partial charge in [0.1, 0.15) is 13.2 Å². The fourth-order valence-corrected chi connectivity index (χ4v) is 1.91. The maximum Gasteiger partial charge on any atom is 0.249 e. The summed E-state index contributed by atoms with van der Waals surface area (Å²) < 4.78 is 5.01. The van der Waals surface area contributed by atoms with Crippen LogP contribution in [-0.2, 0) is 14.3 Å². The number of anilines is 2. The molecule has 102 valence electrons. The first-order valence-corrected chi connectivity index (χ1v) is 6.08. The molecule has 6 heteroatoms. The molecule has 1 heterocycles. The van der Waals surface area contributed by atoms with E-state index in [0.29, 0.717) is 24.5 Å². The van der Waals surface area contributed by atoms with Crippen LogP contribution in [0.1, 0.15) is 5.56 Å². The van der Waals surface area contributed by atoms with Crippen molar-refractivity contribution in [2.24, 2.45) is 0 Å². The molecule has 0 unspecified atom stereocenters. The lowest BCUT2D eigenvalue weighted by Gasteiger charge is -2.26. The maximum absolute atomic E-state index is 11.9. The molecule has 1 aromatic rings. The Kier molecular flexibility index (Phi) is 4.01. The van der Waals surface area contributed by atoms with E-state index in [2.05, 4.69) is 5.32 Å². The van der Waals surface area contributed by atoms with Gasteiger partial charge in [-0.2, -0.15) is 0 Å². The van der Waals surface area contributed by atoms with Crippen molar-refractivity contribution in [3.05, 3.63) is 23.8 Å². The Morgan fingerprint density at radius 2 is 2.32 bits per heavy atom. The summed E-state index contributed by atoms with van der Waals surface area (Å²) in [5, 5.41) is 2.78. The molecule has 1 aromatic carbocycles. The molecule has 6 nitrogen and oxygen atoms in total. The Hall–Kier alpha value is -2.08. The number of carbonyl (C=O) groups is 2. The predicted octanol–water partition coefficient (Wildman–Crippen LogP) is 0.375. The van der Waals surface area contributed by atoms with Crippen LogP contribution in [0.15, 0.2) is 18.2 Å². The minimum atomic E-state index is -0.219. The highest BCUT2D eigenvalue weighted by Gasteiger charge is 2.21. The van der Waals surface area contributed by atoms with Gasteiger partial charge in [-0.15, -0.1) is 0 Å². The molecule has 0 saturated carbocycles. The van der Waals surface area contributed by atoms with Crippen LogP contribution < -0.4 is 11.1 Å². The zero-order chi connectivity index (χ0) is 13.8. The highest BCUT2D eigenvalue weighted by Crippen LogP contribution is 2.17. The number of amides is 2. The van der Waals surface area contributed by atoms with Crippen LogP contribution in [0, 0.1) is 6.92 Å². The Morgan fingerprint density at radius 3 is 3.00 bits per heavy atom. The lowest BCUT2D eigenvalue weighted by Crippen LogP contribution is -2.45. The van der Waals surface area contributed by atoms with Crippen molar-refractivity contribution in [1.82, 2.24) is 4.90 Å². The summed E-state index contributed by atoms with van der Waals surface area (Å²) in [6, 6.07) is 5.27. The molecule has 1 aliphatic heterocycles. The van der Waals surface area contributed by atoms with E-state index in [-0.39, 0.29) is 25.0 Å². The summed E-state index contributed by atoms with van der Waals surface area (Å²) in [4.78, 5) is 24.9. The Labute approximate surface area is 111 Å². The highest BCUT2D eigenvalue weighted by molar-refractivity contribution is 5.95. The molecule has 2 rings (SSSR count). The molecule has 0 aliphatic carbocycles. The number of ether oxygens (including phenoxy) is 1. The normalized spacial score (nSPS) is 15.4. The van der Waals surface area contributed by atoms with Crippen molar-refractivity contribution in [3.8, 4) is 0 Å². The van der Waals surface area contributed by atoms with Gasteiger partial charge in [0.15, 0.2) is 0 Å². The van der Waals surface area contributed by atoms with Crippen LogP contribution in [0.5, 0.6) is 0 Å². The zero-order valence-corrected chi connectivity index (χ0v) is 10.8. The van der Waals surface area contributed by atoms with Crippen LogP contribution >= 0.6 is 0 Å². The molecule has 19 heavy (non-hydrogen) atoms. The molecule has 0 radical (unpaired) electrons. The smallest absolute Gasteiger partial charge is 0.249 e. The Bertz CT molecular complexity index is 502. The number of rotatable bonds is 3. The van der Waals surface area contributed by atoms with Gasteiger partial charge in [-0.05, 0) is 30.7 Å². The number of hydrogen-bond donors (Lipinski definition) is 2. The number of nitrogen functional groups attached to an aromatic ring is 1. The summed E-state index contributed by atoms with van der Waals surface area (Å²) in [5.41, 5.74) is 7.90. The SMILES string of the molecule is Cc1cc(N)ccc1NC(=O)CN1CCOCC1=O. The van der Waals surface area contributed by atoms with E-state index < -0.39 is 0 Å². The first-order chi connectivity index (χ1) is 9.06. The fraction of sp³-hybridized carbons (Fsp3) is 0.385. The molecular weight excluding hydrogens is 246 g/mol. The molecule has 3 N–H and O–H groups in total. The highest BCUT2D eigenvalue weighted by atomic mass is 16.5. The van der Waals surface area contributed by atoms with Crippen molar-refractivity contribution in [1.29, 1.82) is 0 Å². The number of benzene rings is 1. The number of carbonyl (C=O) groups excluding carboxylic acids is 2. The number of hydrogen-bond acceptors (Lipinski definition) is 4. The van der Waals surface area contributed by atoms with E-state index in [1.54, 1.807) is 18.2 Å². The molecule has 0 bridgehead atoms. The molecule has 0 atom stereocenters. The van der Waals surface area contributed by atoms with E-state index >= 15 is 0 Å². The number of nitrogens with two attached hydrogens (primary N) is 1. The monoisotopic (exact) mass is 263 g/mol. The van der Waals surface area contributed by atoms with Gasteiger partial charge in [0.2, 0.25) is 11.8 Å². The molecule has 0 spiro atoms. The van der Waals surface area contributed by atoms with Gasteiger partial charge < -0.3 is 20.7 Å². The Morgan fingerprint density at radius 1 is 1.53 bits per heavy atom. The van der Waals surface area contributed by atoms with E-state index in [1.807, 2.05) is 6.92 Å². The van der Waals surface area contributed by atoms with Gasteiger partial charge in [0.05, 0.1) is 6.61 Å². The van der Waals surface area contributed by atoms with Gasteiger partial charge in [0, 0.05) is 17.9 Å². The summed E-state index contributed by atoms with van der Waals surface area (Å²) >= 11 is 0. The first kappa shape index (κ1) is 13.4. The van der Waals surface area contributed by atoms with Crippen molar-refractivity contribution in [2.75, 3.05) is 37.4 Å². The largest absolute Gasteiger partial charge is 0.399 e. The van der Waals surface area contributed by atoms with Gasteiger partial charge in [-0.25, -0.2) is 0 Å². The second-order valence-electron chi connectivity index (χ2n) is 4.49. The number of aryl methyl sites for hydroxylation is 1. The summed E-state index contributed by atoms with van der Waals surface area (Å²) in [6.07, 6.45) is 0. The number of morpholine rings is 1. The third-order valence-electron chi connectivity index (χ3n) is 2.94. The topological polar surface area (TPSA) is 84.7 Å². The molecule has 1 saturated heterocycles. The summed E-state index contributed by atoms with van der Waals surface area (Å²) in [7, 11) is 0. The minimum Gasteiger partial charge on any atom is -0.399 e. The van der Waals surface area contributed by atoms with Gasteiger partial charge in [-0.1, -0.05) is 0 Å². The summed E-state index contributed by atoms with van der Waals surface area (Å²) in [5.74, 6) is -0.376. The van der Waals surface area contributed by atoms with Crippen LogP contribution in [0.3, 0.4) is 0 Å². The number of nitrogens with zero attached hydrogens (tertiary/aromatic N) is 1. The van der Waals surface area contributed by atoms with Crippen LogP contribution in [0.25, 0.3) is 0 Å². The van der Waals surface area contributed by atoms with E-state index in [4.69, 9.17) is 10.5 Å². The van der Waals surface area contributed by atoms with Crippen LogP contribution in [0.4, 0.5) is 11.4 Å². The minimum absolute atomic E-state index is 0.0476. The van der Waals surface area contributed by atoms with Crippen LogP contribution in [0.2, 0.25) is 0 Å². The molecular formula is C13H17N3O3. The predicted molar refractivity (Wildman–Crippen MR) is 71.6 cm³/mol. The van der Waals surface area contributed by atoms with Gasteiger partial charge in [0.25, 0.3) is 0 Å². The zero-order valence-electron chi connectivity index (χ0n) is 10.8. The van der Waals surface area contributed by atoms with Gasteiger partial charge >= 0.3 is 0 Å². The quantitative estimate of drug-likeness (QED) is 0.772. The lowest BCUT2D eigenvalue weighted by atomic mass is 10.2. The molecule has 1 fully saturated rings. The standard InChI is InChI=1S/C13H17N3O3/c1-9-6-10(14)2-3-11(9)15-12(17)7-16-4-5-19-8-13(16)18/h2-3,6H,4-5,7-8,14H2,1H3,(H,15,17). The molecule has 2 amide bonds. The molecule has 1 aliphatic rings. The lowest BCUT2D eigenvalue weighted by molar-refractivity contribution is -0.144. The average molecular weight is 263 g/mol. The first-order valence-electron chi connectivity index (χ1n) is 6.08. The third kappa shape index (κ3) is 3.45.